The maximum absolute atomic E-state index is 13.1. The molecule has 0 atom stereocenters. The van der Waals surface area contributed by atoms with E-state index >= 15 is 0 Å². The van der Waals surface area contributed by atoms with Gasteiger partial charge in [-0.1, -0.05) is 12.1 Å². The zero-order valence-electron chi connectivity index (χ0n) is 13.8. The lowest BCUT2D eigenvalue weighted by molar-refractivity contribution is 0.0712. The molecule has 0 saturated carbocycles. The molecule has 0 bridgehead atoms. The van der Waals surface area contributed by atoms with Crippen LogP contribution in [0.3, 0.4) is 0 Å². The average Bonchev–Trinajstić information content (AvgIpc) is 2.97. The second-order valence-electron chi connectivity index (χ2n) is 5.94. The number of piperidine rings is 1. The van der Waals surface area contributed by atoms with Crippen molar-refractivity contribution in [1.82, 2.24) is 10.2 Å². The van der Waals surface area contributed by atoms with E-state index in [9.17, 15) is 9.18 Å². The Morgan fingerprint density at radius 3 is 2.46 bits per heavy atom. The Morgan fingerprint density at radius 2 is 1.88 bits per heavy atom. The van der Waals surface area contributed by atoms with Crippen LogP contribution >= 0.6 is 23.7 Å². The number of nitrogens with one attached hydrogen (secondary N) is 1. The van der Waals surface area contributed by atoms with Crippen LogP contribution < -0.4 is 5.32 Å². The summed E-state index contributed by atoms with van der Waals surface area (Å²) in [5.41, 5.74) is 1.97. The predicted octanol–water partition coefficient (Wildman–Crippen LogP) is 4.11. The van der Waals surface area contributed by atoms with Gasteiger partial charge in [-0.3, -0.25) is 4.79 Å². The van der Waals surface area contributed by atoms with Crippen LogP contribution in [0.25, 0.3) is 11.1 Å². The van der Waals surface area contributed by atoms with E-state index in [1.165, 1.54) is 23.5 Å². The second kappa shape index (κ2) is 8.10. The second-order valence-corrected chi connectivity index (χ2v) is 7.20. The number of thiophene rings is 1. The number of rotatable bonds is 3. The van der Waals surface area contributed by atoms with Crippen LogP contribution in [-0.2, 0) is 0 Å². The number of carbonyl (C=O) groups excluding carboxylic acids is 1. The fourth-order valence-electron chi connectivity index (χ4n) is 3.03. The zero-order valence-corrected chi connectivity index (χ0v) is 15.5. The molecule has 0 unspecified atom stereocenters. The first-order chi connectivity index (χ1) is 11.1. The molecule has 3 rings (SSSR count). The van der Waals surface area contributed by atoms with E-state index in [2.05, 4.69) is 5.32 Å². The number of likely N-dealkylation sites (tertiary alicyclic amines) is 1. The molecular formula is C18H22ClFN2OS. The fraction of sp³-hybridized carbons (Fsp3) is 0.389. The molecular weight excluding hydrogens is 347 g/mol. The molecule has 6 heteroatoms. The van der Waals surface area contributed by atoms with Crippen LogP contribution in [0.2, 0.25) is 0 Å². The van der Waals surface area contributed by atoms with E-state index in [1.54, 1.807) is 12.1 Å². The van der Waals surface area contributed by atoms with Gasteiger partial charge in [-0.2, -0.15) is 0 Å². The normalized spacial score (nSPS) is 15.2. The van der Waals surface area contributed by atoms with Crippen molar-refractivity contribution >= 4 is 29.7 Å². The molecule has 1 fully saturated rings. The van der Waals surface area contributed by atoms with E-state index in [1.807, 2.05) is 24.9 Å². The lowest BCUT2D eigenvalue weighted by Crippen LogP contribution is -2.43. The van der Waals surface area contributed by atoms with Crippen molar-refractivity contribution in [3.8, 4) is 11.1 Å². The van der Waals surface area contributed by atoms with Crippen LogP contribution in [0.5, 0.6) is 0 Å². The third kappa shape index (κ3) is 3.97. The Hall–Kier alpha value is -1.43. The molecule has 1 aliphatic rings. The quantitative estimate of drug-likeness (QED) is 0.884. The highest BCUT2D eigenvalue weighted by atomic mass is 35.5. The summed E-state index contributed by atoms with van der Waals surface area (Å²) >= 11 is 1.52. The number of hydrogen-bond donors (Lipinski definition) is 1. The molecule has 0 radical (unpaired) electrons. The Morgan fingerprint density at radius 1 is 1.25 bits per heavy atom. The van der Waals surface area contributed by atoms with Crippen molar-refractivity contribution in [3.63, 3.8) is 0 Å². The van der Waals surface area contributed by atoms with E-state index in [0.717, 1.165) is 46.8 Å². The molecule has 1 aromatic carbocycles. The number of nitrogens with zero attached hydrogens (tertiary/aromatic N) is 1. The molecule has 1 aliphatic heterocycles. The lowest BCUT2D eigenvalue weighted by Gasteiger charge is -2.31. The first-order valence-corrected chi connectivity index (χ1v) is 8.73. The van der Waals surface area contributed by atoms with Gasteiger partial charge in [0, 0.05) is 24.0 Å². The van der Waals surface area contributed by atoms with Gasteiger partial charge in [0.1, 0.15) is 5.82 Å². The summed E-state index contributed by atoms with van der Waals surface area (Å²) in [6.07, 6.45) is 1.99. The van der Waals surface area contributed by atoms with Gasteiger partial charge in [0.05, 0.1) is 4.88 Å². The molecule has 0 spiro atoms. The van der Waals surface area contributed by atoms with Gasteiger partial charge in [0.2, 0.25) is 0 Å². The van der Waals surface area contributed by atoms with E-state index < -0.39 is 0 Å². The lowest BCUT2D eigenvalue weighted by atomic mass is 10.0. The number of benzene rings is 1. The highest BCUT2D eigenvalue weighted by Crippen LogP contribution is 2.32. The van der Waals surface area contributed by atoms with Crippen molar-refractivity contribution in [2.45, 2.75) is 25.8 Å². The van der Waals surface area contributed by atoms with Gasteiger partial charge in [-0.25, -0.2) is 4.39 Å². The Balaban J connectivity index is 0.00000208. The number of carbonyl (C=O) groups is 1. The molecule has 2 aromatic rings. The van der Waals surface area contributed by atoms with E-state index in [0.29, 0.717) is 6.04 Å². The van der Waals surface area contributed by atoms with Gasteiger partial charge in [0.25, 0.3) is 5.91 Å². The highest BCUT2D eigenvalue weighted by molar-refractivity contribution is 7.14. The maximum Gasteiger partial charge on any atom is 0.263 e. The minimum atomic E-state index is -0.245. The predicted molar refractivity (Wildman–Crippen MR) is 99.7 cm³/mol. The van der Waals surface area contributed by atoms with E-state index in [-0.39, 0.29) is 24.1 Å². The van der Waals surface area contributed by atoms with Crippen molar-refractivity contribution in [3.05, 3.63) is 45.9 Å². The summed E-state index contributed by atoms with van der Waals surface area (Å²) in [5.74, 6) is -0.133. The number of hydrogen-bond acceptors (Lipinski definition) is 3. The number of halogens is 2. The van der Waals surface area contributed by atoms with Crippen LogP contribution in [0.4, 0.5) is 4.39 Å². The molecule has 3 nitrogen and oxygen atoms in total. The van der Waals surface area contributed by atoms with Crippen molar-refractivity contribution in [1.29, 1.82) is 0 Å². The molecule has 2 heterocycles. The SMILES string of the molecule is CNC1CCN(C(=O)c2cc(-c3ccc(F)cc3)c(C)s2)CC1.Cl. The van der Waals surface area contributed by atoms with Crippen LogP contribution in [-0.4, -0.2) is 37.0 Å². The fourth-order valence-corrected chi connectivity index (χ4v) is 4.04. The van der Waals surface area contributed by atoms with Gasteiger partial charge in [-0.15, -0.1) is 23.7 Å². The minimum absolute atomic E-state index is 0. The van der Waals surface area contributed by atoms with Crippen LogP contribution in [0.1, 0.15) is 27.4 Å². The van der Waals surface area contributed by atoms with Crippen LogP contribution in [0.15, 0.2) is 30.3 Å². The van der Waals surface area contributed by atoms with Gasteiger partial charge in [-0.05, 0) is 56.1 Å². The van der Waals surface area contributed by atoms with Gasteiger partial charge in [0.15, 0.2) is 0 Å². The minimum Gasteiger partial charge on any atom is -0.338 e. The summed E-state index contributed by atoms with van der Waals surface area (Å²) in [4.78, 5) is 16.5. The zero-order chi connectivity index (χ0) is 16.4. The van der Waals surface area contributed by atoms with E-state index in [4.69, 9.17) is 0 Å². The van der Waals surface area contributed by atoms with Gasteiger partial charge >= 0.3 is 0 Å². The van der Waals surface area contributed by atoms with Crippen molar-refractivity contribution in [2.24, 2.45) is 0 Å². The Bertz CT molecular complexity index is 694. The average molecular weight is 369 g/mol. The molecule has 0 aliphatic carbocycles. The summed E-state index contributed by atoms with van der Waals surface area (Å²) in [7, 11) is 1.97. The topological polar surface area (TPSA) is 32.3 Å². The summed E-state index contributed by atoms with van der Waals surface area (Å²) in [6.45, 7) is 3.60. The molecule has 1 saturated heterocycles. The monoisotopic (exact) mass is 368 g/mol. The Kier molecular flexibility index (Phi) is 6.38. The summed E-state index contributed by atoms with van der Waals surface area (Å²) < 4.78 is 13.1. The smallest absolute Gasteiger partial charge is 0.263 e. The highest BCUT2D eigenvalue weighted by Gasteiger charge is 2.24. The van der Waals surface area contributed by atoms with Gasteiger partial charge < -0.3 is 10.2 Å². The maximum atomic E-state index is 13.1. The third-order valence-corrected chi connectivity index (χ3v) is 5.51. The Labute approximate surface area is 152 Å². The largest absolute Gasteiger partial charge is 0.338 e. The first-order valence-electron chi connectivity index (χ1n) is 7.91. The standard InChI is InChI=1S/C18H21FN2OS.ClH/c1-12-16(13-3-5-14(19)6-4-13)11-17(23-12)18(22)21-9-7-15(20-2)8-10-21;/h3-6,11,15,20H,7-10H2,1-2H3;1H. The molecule has 1 aromatic heterocycles. The summed E-state index contributed by atoms with van der Waals surface area (Å²) in [6, 6.07) is 8.89. The van der Waals surface area contributed by atoms with Crippen molar-refractivity contribution < 1.29 is 9.18 Å². The number of amides is 1. The molecule has 130 valence electrons. The molecule has 24 heavy (non-hydrogen) atoms. The molecule has 1 amide bonds. The first kappa shape index (κ1) is 18.9. The third-order valence-electron chi connectivity index (χ3n) is 4.47. The molecule has 1 N–H and O–H groups in total. The van der Waals surface area contributed by atoms with Crippen molar-refractivity contribution in [2.75, 3.05) is 20.1 Å². The summed E-state index contributed by atoms with van der Waals surface area (Å²) in [5, 5.41) is 3.28. The number of aryl methyl sites for hydroxylation is 1. The van der Waals surface area contributed by atoms with Crippen LogP contribution in [0, 0.1) is 12.7 Å².